The summed E-state index contributed by atoms with van der Waals surface area (Å²) < 4.78 is 5.58. The van der Waals surface area contributed by atoms with Crippen molar-refractivity contribution in [2.45, 2.75) is 26.1 Å². The van der Waals surface area contributed by atoms with Gasteiger partial charge in [-0.05, 0) is 34.6 Å². The van der Waals surface area contributed by atoms with Crippen LogP contribution in [0.4, 0.5) is 0 Å². The molecule has 110 valence electrons. The van der Waals surface area contributed by atoms with Gasteiger partial charge in [0, 0.05) is 36.9 Å². The molecular weight excluding hydrogens is 280 g/mol. The zero-order chi connectivity index (χ0) is 14.5. The first kappa shape index (κ1) is 14.4. The first-order valence-electron chi connectivity index (χ1n) is 7.25. The van der Waals surface area contributed by atoms with Crippen molar-refractivity contribution < 1.29 is 4.74 Å². The first-order chi connectivity index (χ1) is 10.4. The Labute approximate surface area is 129 Å². The van der Waals surface area contributed by atoms with Crippen LogP contribution in [0.15, 0.2) is 42.6 Å². The molecule has 0 aromatic carbocycles. The summed E-state index contributed by atoms with van der Waals surface area (Å²) in [6, 6.07) is 4.33. The summed E-state index contributed by atoms with van der Waals surface area (Å²) in [6.45, 7) is 8.02. The lowest BCUT2D eigenvalue weighted by Gasteiger charge is -2.29. The number of fused-ring (bicyclic) bond motifs is 1. The van der Waals surface area contributed by atoms with Crippen LogP contribution >= 0.6 is 11.3 Å². The van der Waals surface area contributed by atoms with Gasteiger partial charge in [-0.15, -0.1) is 17.9 Å². The number of ether oxygens (including phenoxy) is 1. The maximum absolute atomic E-state index is 5.58. The summed E-state index contributed by atoms with van der Waals surface area (Å²) >= 11 is 1.83. The van der Waals surface area contributed by atoms with Crippen LogP contribution in [0.5, 0.6) is 0 Å². The van der Waals surface area contributed by atoms with Crippen molar-refractivity contribution in [1.29, 1.82) is 0 Å². The van der Waals surface area contributed by atoms with E-state index in [4.69, 9.17) is 4.74 Å². The second kappa shape index (κ2) is 6.98. The largest absolute Gasteiger partial charge is 0.373 e. The van der Waals surface area contributed by atoms with Gasteiger partial charge in [-0.3, -0.25) is 9.88 Å². The Bertz CT molecular complexity index is 595. The smallest absolute Gasteiger partial charge is 0.0738 e. The Morgan fingerprint density at radius 3 is 3.19 bits per heavy atom. The van der Waals surface area contributed by atoms with Gasteiger partial charge in [0.1, 0.15) is 0 Å². The second-order valence-electron chi connectivity index (χ2n) is 5.28. The topological polar surface area (TPSA) is 25.4 Å². The normalized spacial score (nSPS) is 14.9. The van der Waals surface area contributed by atoms with E-state index in [2.05, 4.69) is 34.0 Å². The lowest BCUT2D eigenvalue weighted by atomic mass is 9.97. The van der Waals surface area contributed by atoms with Crippen LogP contribution in [0, 0.1) is 0 Å². The molecule has 0 bridgehead atoms. The standard InChI is InChI=1S/C17H20N2OS/c1-2-7-20-13-15-10-18-9-14-11-19(6-5-17(14)15)12-16-4-3-8-21-16/h2-4,8-10H,1,5-7,11-13H2. The molecule has 0 amide bonds. The van der Waals surface area contributed by atoms with Gasteiger partial charge >= 0.3 is 0 Å². The molecule has 2 aromatic heterocycles. The molecule has 1 aliphatic heterocycles. The molecule has 0 aliphatic carbocycles. The molecule has 1 aliphatic rings. The maximum Gasteiger partial charge on any atom is 0.0738 e. The molecule has 0 saturated heterocycles. The fourth-order valence-electron chi connectivity index (χ4n) is 2.76. The molecule has 3 nitrogen and oxygen atoms in total. The van der Waals surface area contributed by atoms with Gasteiger partial charge in [0.25, 0.3) is 0 Å². The molecule has 21 heavy (non-hydrogen) atoms. The third-order valence-corrected chi connectivity index (χ3v) is 4.62. The van der Waals surface area contributed by atoms with Crippen LogP contribution < -0.4 is 0 Å². The summed E-state index contributed by atoms with van der Waals surface area (Å²) in [6.07, 6.45) is 6.81. The van der Waals surface area contributed by atoms with Crippen molar-refractivity contribution in [3.8, 4) is 0 Å². The van der Waals surface area contributed by atoms with Crippen molar-refractivity contribution in [3.05, 3.63) is 64.1 Å². The van der Waals surface area contributed by atoms with E-state index < -0.39 is 0 Å². The summed E-state index contributed by atoms with van der Waals surface area (Å²) in [4.78, 5) is 8.30. The van der Waals surface area contributed by atoms with Gasteiger partial charge in [0.05, 0.1) is 13.2 Å². The molecule has 3 rings (SSSR count). The molecule has 0 radical (unpaired) electrons. The monoisotopic (exact) mass is 300 g/mol. The SMILES string of the molecule is C=CCOCc1cncc2c1CCN(Cc1cccs1)C2. The van der Waals surface area contributed by atoms with E-state index in [1.165, 1.54) is 21.6 Å². The Morgan fingerprint density at radius 1 is 1.43 bits per heavy atom. The zero-order valence-corrected chi connectivity index (χ0v) is 12.9. The zero-order valence-electron chi connectivity index (χ0n) is 12.1. The fraction of sp³-hybridized carbons (Fsp3) is 0.353. The van der Waals surface area contributed by atoms with Crippen LogP contribution in [0.3, 0.4) is 0 Å². The van der Waals surface area contributed by atoms with E-state index in [-0.39, 0.29) is 0 Å². The number of rotatable bonds is 6. The van der Waals surface area contributed by atoms with Crippen LogP contribution in [0.2, 0.25) is 0 Å². The van der Waals surface area contributed by atoms with Crippen LogP contribution in [0.1, 0.15) is 21.6 Å². The molecule has 0 unspecified atom stereocenters. The minimum atomic E-state index is 0.591. The third kappa shape index (κ3) is 3.59. The van der Waals surface area contributed by atoms with Crippen LogP contribution in [0.25, 0.3) is 0 Å². The Hall–Kier alpha value is -1.49. The summed E-state index contributed by atoms with van der Waals surface area (Å²) in [5.74, 6) is 0. The highest BCUT2D eigenvalue weighted by atomic mass is 32.1. The number of hydrogen-bond acceptors (Lipinski definition) is 4. The molecule has 0 saturated carbocycles. The van der Waals surface area contributed by atoms with E-state index in [9.17, 15) is 0 Å². The van der Waals surface area contributed by atoms with E-state index in [1.54, 1.807) is 6.08 Å². The maximum atomic E-state index is 5.58. The van der Waals surface area contributed by atoms with Gasteiger partial charge in [0.2, 0.25) is 0 Å². The van der Waals surface area contributed by atoms with Crippen molar-refractivity contribution in [2.75, 3.05) is 13.2 Å². The molecule has 0 fully saturated rings. The highest BCUT2D eigenvalue weighted by Crippen LogP contribution is 2.24. The van der Waals surface area contributed by atoms with Gasteiger partial charge < -0.3 is 4.74 Å². The Balaban J connectivity index is 1.68. The number of aromatic nitrogens is 1. The lowest BCUT2D eigenvalue weighted by Crippen LogP contribution is -2.30. The summed E-state index contributed by atoms with van der Waals surface area (Å²) in [5, 5.41) is 2.14. The third-order valence-electron chi connectivity index (χ3n) is 3.76. The molecular formula is C17H20N2OS. The van der Waals surface area contributed by atoms with Crippen molar-refractivity contribution in [1.82, 2.24) is 9.88 Å². The van der Waals surface area contributed by atoms with E-state index in [0.717, 1.165) is 26.1 Å². The highest BCUT2D eigenvalue weighted by Gasteiger charge is 2.19. The number of pyridine rings is 1. The average molecular weight is 300 g/mol. The number of hydrogen-bond donors (Lipinski definition) is 0. The van der Waals surface area contributed by atoms with Crippen LogP contribution in [-0.4, -0.2) is 23.0 Å². The Kier molecular flexibility index (Phi) is 4.80. The molecule has 3 heterocycles. The minimum Gasteiger partial charge on any atom is -0.373 e. The fourth-order valence-corrected chi connectivity index (χ4v) is 3.51. The van der Waals surface area contributed by atoms with E-state index in [1.807, 2.05) is 23.7 Å². The van der Waals surface area contributed by atoms with E-state index >= 15 is 0 Å². The quantitative estimate of drug-likeness (QED) is 0.604. The van der Waals surface area contributed by atoms with Crippen molar-refractivity contribution >= 4 is 11.3 Å². The second-order valence-corrected chi connectivity index (χ2v) is 6.31. The molecule has 0 N–H and O–H groups in total. The molecule has 0 spiro atoms. The van der Waals surface area contributed by atoms with Gasteiger partial charge in [-0.2, -0.15) is 0 Å². The Morgan fingerprint density at radius 2 is 2.38 bits per heavy atom. The van der Waals surface area contributed by atoms with Gasteiger partial charge in [0.15, 0.2) is 0 Å². The van der Waals surface area contributed by atoms with Gasteiger partial charge in [-0.1, -0.05) is 12.1 Å². The lowest BCUT2D eigenvalue weighted by molar-refractivity contribution is 0.147. The highest BCUT2D eigenvalue weighted by molar-refractivity contribution is 7.09. The van der Waals surface area contributed by atoms with Gasteiger partial charge in [-0.25, -0.2) is 0 Å². The molecule has 2 aromatic rings. The number of nitrogens with zero attached hydrogens (tertiary/aromatic N) is 2. The molecule has 0 atom stereocenters. The van der Waals surface area contributed by atoms with E-state index in [0.29, 0.717) is 13.2 Å². The predicted molar refractivity (Wildman–Crippen MR) is 86.2 cm³/mol. The summed E-state index contributed by atoms with van der Waals surface area (Å²) in [7, 11) is 0. The molecule has 4 heteroatoms. The summed E-state index contributed by atoms with van der Waals surface area (Å²) in [5.41, 5.74) is 4.00. The minimum absolute atomic E-state index is 0.591. The number of thiophene rings is 1. The predicted octanol–water partition coefficient (Wildman–Crippen LogP) is 3.40. The van der Waals surface area contributed by atoms with Crippen molar-refractivity contribution in [3.63, 3.8) is 0 Å². The average Bonchev–Trinajstić information content (AvgIpc) is 3.00. The first-order valence-corrected chi connectivity index (χ1v) is 8.13. The van der Waals surface area contributed by atoms with Crippen molar-refractivity contribution in [2.24, 2.45) is 0 Å². The van der Waals surface area contributed by atoms with Crippen LogP contribution in [-0.2, 0) is 30.9 Å².